The number of carbonyl (C=O) groups is 1. The Hall–Kier alpha value is -1.98. The first-order valence-corrected chi connectivity index (χ1v) is 9.57. The maximum absolute atomic E-state index is 13.4. The summed E-state index contributed by atoms with van der Waals surface area (Å²) in [5, 5.41) is 8.73. The summed E-state index contributed by atoms with van der Waals surface area (Å²) in [4.78, 5) is 15.3. The van der Waals surface area contributed by atoms with E-state index in [-0.39, 0.29) is 11.9 Å². The highest BCUT2D eigenvalue weighted by atomic mass is 35.5. The Kier molecular flexibility index (Phi) is 4.67. The van der Waals surface area contributed by atoms with E-state index in [0.717, 1.165) is 43.0 Å². The van der Waals surface area contributed by atoms with Gasteiger partial charge in [0.1, 0.15) is 11.9 Å². The number of allylic oxidation sites excluding steroid dienone is 1. The molecule has 3 heterocycles. The Bertz CT molecular complexity index is 883. The number of hydrogen-bond acceptors (Lipinski definition) is 3. The Morgan fingerprint density at radius 1 is 1.15 bits per heavy atom. The van der Waals surface area contributed by atoms with Gasteiger partial charge in [-0.15, -0.1) is 0 Å². The molecular formula is C19H20Cl2N4O. The normalized spacial score (nSPS) is 20.0. The SMILES string of the molecule is CC1=C(C(=O)N2CCCCC2)C(c2ccc(Cl)c(Cl)c2)n2nccc2N1. The van der Waals surface area contributed by atoms with Crippen molar-refractivity contribution in [2.75, 3.05) is 18.4 Å². The van der Waals surface area contributed by atoms with Gasteiger partial charge in [0.25, 0.3) is 5.91 Å². The molecule has 2 aliphatic heterocycles. The Morgan fingerprint density at radius 3 is 2.65 bits per heavy atom. The molecule has 2 aliphatic rings. The number of fused-ring (bicyclic) bond motifs is 1. The van der Waals surface area contributed by atoms with Gasteiger partial charge in [0, 0.05) is 24.9 Å². The van der Waals surface area contributed by atoms with Gasteiger partial charge in [0.2, 0.25) is 0 Å². The van der Waals surface area contributed by atoms with E-state index in [1.807, 2.05) is 34.7 Å². The van der Waals surface area contributed by atoms with Crippen molar-refractivity contribution in [3.63, 3.8) is 0 Å². The lowest BCUT2D eigenvalue weighted by molar-refractivity contribution is -0.128. The minimum Gasteiger partial charge on any atom is -0.344 e. The predicted octanol–water partition coefficient (Wildman–Crippen LogP) is 4.49. The first-order valence-electron chi connectivity index (χ1n) is 8.82. The zero-order chi connectivity index (χ0) is 18.3. The molecular weight excluding hydrogens is 371 g/mol. The molecule has 0 bridgehead atoms. The minimum absolute atomic E-state index is 0.0620. The molecule has 1 unspecified atom stereocenters. The van der Waals surface area contributed by atoms with Crippen molar-refractivity contribution < 1.29 is 4.79 Å². The van der Waals surface area contributed by atoms with Gasteiger partial charge < -0.3 is 10.2 Å². The minimum atomic E-state index is -0.328. The molecule has 0 aliphatic carbocycles. The zero-order valence-corrected chi connectivity index (χ0v) is 16.0. The van der Waals surface area contributed by atoms with Gasteiger partial charge in [-0.25, -0.2) is 4.68 Å². The van der Waals surface area contributed by atoms with Crippen molar-refractivity contribution in [2.24, 2.45) is 0 Å². The van der Waals surface area contributed by atoms with Crippen LogP contribution in [0.3, 0.4) is 0 Å². The number of carbonyl (C=O) groups excluding carboxylic acids is 1. The molecule has 26 heavy (non-hydrogen) atoms. The van der Waals surface area contributed by atoms with Crippen molar-refractivity contribution in [1.29, 1.82) is 0 Å². The summed E-state index contributed by atoms with van der Waals surface area (Å²) >= 11 is 12.4. The highest BCUT2D eigenvalue weighted by molar-refractivity contribution is 6.42. The molecule has 1 aromatic heterocycles. The fourth-order valence-electron chi connectivity index (χ4n) is 3.74. The van der Waals surface area contributed by atoms with Gasteiger partial charge in [0.15, 0.2) is 0 Å². The summed E-state index contributed by atoms with van der Waals surface area (Å²) in [6, 6.07) is 7.07. The van der Waals surface area contributed by atoms with Crippen molar-refractivity contribution >= 4 is 34.9 Å². The van der Waals surface area contributed by atoms with Crippen molar-refractivity contribution in [2.45, 2.75) is 32.2 Å². The Balaban J connectivity index is 1.81. The van der Waals surface area contributed by atoms with Gasteiger partial charge in [-0.1, -0.05) is 29.3 Å². The second kappa shape index (κ2) is 6.97. The number of hydrogen-bond donors (Lipinski definition) is 1. The Morgan fingerprint density at radius 2 is 1.92 bits per heavy atom. The number of likely N-dealkylation sites (tertiary alicyclic amines) is 1. The fraction of sp³-hybridized carbons (Fsp3) is 0.368. The van der Waals surface area contributed by atoms with Crippen molar-refractivity contribution in [3.8, 4) is 0 Å². The molecule has 7 heteroatoms. The van der Waals surface area contributed by atoms with Gasteiger partial charge in [-0.2, -0.15) is 5.10 Å². The maximum Gasteiger partial charge on any atom is 0.254 e. The third-order valence-corrected chi connectivity index (χ3v) is 5.78. The molecule has 1 aromatic carbocycles. The second-order valence-corrected chi connectivity index (χ2v) is 7.57. The molecule has 1 fully saturated rings. The van der Waals surface area contributed by atoms with Crippen LogP contribution in [0.15, 0.2) is 41.7 Å². The van der Waals surface area contributed by atoms with Crippen LogP contribution in [0.1, 0.15) is 37.8 Å². The first kappa shape index (κ1) is 17.4. The number of rotatable bonds is 2. The van der Waals surface area contributed by atoms with Crippen LogP contribution in [-0.2, 0) is 4.79 Å². The van der Waals surface area contributed by atoms with Crippen molar-refractivity contribution in [1.82, 2.24) is 14.7 Å². The van der Waals surface area contributed by atoms with Crippen LogP contribution >= 0.6 is 23.2 Å². The molecule has 0 spiro atoms. The number of benzene rings is 1. The number of halogens is 2. The van der Waals surface area contributed by atoms with E-state index >= 15 is 0 Å². The summed E-state index contributed by atoms with van der Waals surface area (Å²) in [6.45, 7) is 3.55. The average Bonchev–Trinajstić information content (AvgIpc) is 3.11. The van der Waals surface area contributed by atoms with E-state index < -0.39 is 0 Å². The number of nitrogens with zero attached hydrogens (tertiary/aromatic N) is 3. The third-order valence-electron chi connectivity index (χ3n) is 5.04. The van der Waals surface area contributed by atoms with Gasteiger partial charge >= 0.3 is 0 Å². The van der Waals surface area contributed by atoms with Crippen LogP contribution in [0.5, 0.6) is 0 Å². The largest absolute Gasteiger partial charge is 0.344 e. The van der Waals surface area contributed by atoms with E-state index in [1.165, 1.54) is 6.42 Å². The average molecular weight is 391 g/mol. The topological polar surface area (TPSA) is 50.2 Å². The lowest BCUT2D eigenvalue weighted by Crippen LogP contribution is -2.40. The molecule has 5 nitrogen and oxygen atoms in total. The number of aromatic nitrogens is 2. The molecule has 0 saturated carbocycles. The number of anilines is 1. The standard InChI is InChI=1S/C19H20Cl2N4O/c1-12-17(19(26)24-9-3-2-4-10-24)18(25-16(23-12)7-8-22-25)13-5-6-14(20)15(21)11-13/h5-8,11,18,23H,2-4,9-10H2,1H3. The molecule has 2 aromatic rings. The van der Waals surface area contributed by atoms with E-state index in [2.05, 4.69) is 10.4 Å². The molecule has 1 saturated heterocycles. The van der Waals surface area contributed by atoms with Gasteiger partial charge in [0.05, 0.1) is 21.8 Å². The first-order chi connectivity index (χ1) is 12.6. The lowest BCUT2D eigenvalue weighted by atomic mass is 9.94. The van der Waals surface area contributed by atoms with Crippen LogP contribution in [0, 0.1) is 0 Å². The lowest BCUT2D eigenvalue weighted by Gasteiger charge is -2.34. The number of nitrogens with one attached hydrogen (secondary N) is 1. The van der Waals surface area contributed by atoms with E-state index in [9.17, 15) is 4.79 Å². The van der Waals surface area contributed by atoms with Crippen molar-refractivity contribution in [3.05, 3.63) is 57.3 Å². The molecule has 136 valence electrons. The van der Waals surface area contributed by atoms with Gasteiger partial charge in [-0.3, -0.25) is 4.79 Å². The van der Waals surface area contributed by atoms with Crippen LogP contribution in [-0.4, -0.2) is 33.7 Å². The summed E-state index contributed by atoms with van der Waals surface area (Å²) < 4.78 is 1.84. The second-order valence-electron chi connectivity index (χ2n) is 6.75. The van der Waals surface area contributed by atoms with E-state index in [1.54, 1.807) is 12.3 Å². The molecule has 1 atom stereocenters. The zero-order valence-electron chi connectivity index (χ0n) is 14.5. The van der Waals surface area contributed by atoms with Crippen LogP contribution in [0.25, 0.3) is 0 Å². The molecule has 4 rings (SSSR count). The van der Waals surface area contributed by atoms with Gasteiger partial charge in [-0.05, 0) is 43.9 Å². The van der Waals surface area contributed by atoms with E-state index in [4.69, 9.17) is 23.2 Å². The summed E-state index contributed by atoms with van der Waals surface area (Å²) in [5.74, 6) is 0.917. The molecule has 0 radical (unpaired) electrons. The summed E-state index contributed by atoms with van der Waals surface area (Å²) in [7, 11) is 0. The van der Waals surface area contributed by atoms with Crippen LogP contribution in [0.4, 0.5) is 5.82 Å². The predicted molar refractivity (Wildman–Crippen MR) is 104 cm³/mol. The quantitative estimate of drug-likeness (QED) is 0.821. The maximum atomic E-state index is 13.4. The van der Waals surface area contributed by atoms with E-state index in [0.29, 0.717) is 15.6 Å². The highest BCUT2D eigenvalue weighted by Gasteiger charge is 2.35. The summed E-state index contributed by atoms with van der Waals surface area (Å²) in [5.41, 5.74) is 2.46. The third kappa shape index (κ3) is 2.99. The molecule has 1 N–H and O–H groups in total. The molecule has 1 amide bonds. The Labute approximate surface area is 162 Å². The number of amides is 1. The fourth-order valence-corrected chi connectivity index (χ4v) is 4.05. The van der Waals surface area contributed by atoms with Crippen LogP contribution in [0.2, 0.25) is 10.0 Å². The smallest absolute Gasteiger partial charge is 0.254 e. The monoisotopic (exact) mass is 390 g/mol. The number of piperidine rings is 1. The summed E-state index contributed by atoms with van der Waals surface area (Å²) in [6.07, 6.45) is 5.01. The van der Waals surface area contributed by atoms with Crippen LogP contribution < -0.4 is 5.32 Å². The highest BCUT2D eigenvalue weighted by Crippen LogP contribution is 2.38.